The standard InChI is InChI=1S/C21H22N2O3/c1-24-18-7-5-6-17(14-18)22-11-10-16(15-22)21-23(12-13-26-21)19-8-3-4-9-20(19)25-2/h3-11,14-15,21H,12-13H2,1-2H3. The van der Waals surface area contributed by atoms with Crippen LogP contribution in [0, 0.1) is 0 Å². The predicted octanol–water partition coefficient (Wildman–Crippen LogP) is 4.03. The number of para-hydroxylation sites is 2. The van der Waals surface area contributed by atoms with Gasteiger partial charge in [-0.25, -0.2) is 0 Å². The van der Waals surface area contributed by atoms with Crippen LogP contribution >= 0.6 is 0 Å². The number of aromatic nitrogens is 1. The van der Waals surface area contributed by atoms with Gasteiger partial charge >= 0.3 is 0 Å². The topological polar surface area (TPSA) is 35.9 Å². The van der Waals surface area contributed by atoms with Crippen LogP contribution in [0.15, 0.2) is 67.0 Å². The maximum atomic E-state index is 6.03. The lowest BCUT2D eigenvalue weighted by atomic mass is 10.2. The van der Waals surface area contributed by atoms with E-state index in [0.29, 0.717) is 6.61 Å². The summed E-state index contributed by atoms with van der Waals surface area (Å²) in [6.45, 7) is 1.52. The lowest BCUT2D eigenvalue weighted by Gasteiger charge is -2.26. The number of hydrogen-bond donors (Lipinski definition) is 0. The third-order valence-corrected chi connectivity index (χ3v) is 4.64. The zero-order valence-electron chi connectivity index (χ0n) is 15.0. The van der Waals surface area contributed by atoms with E-state index >= 15 is 0 Å². The molecular weight excluding hydrogens is 328 g/mol. The molecule has 0 N–H and O–H groups in total. The van der Waals surface area contributed by atoms with Crippen LogP contribution in [0.4, 0.5) is 5.69 Å². The van der Waals surface area contributed by atoms with E-state index in [4.69, 9.17) is 14.2 Å². The number of methoxy groups -OCH3 is 2. The second-order valence-corrected chi connectivity index (χ2v) is 6.14. The Hall–Kier alpha value is -2.92. The molecule has 2 aromatic carbocycles. The number of nitrogens with zero attached hydrogens (tertiary/aromatic N) is 2. The van der Waals surface area contributed by atoms with E-state index in [2.05, 4.69) is 33.9 Å². The number of anilines is 1. The van der Waals surface area contributed by atoms with Gasteiger partial charge in [0.2, 0.25) is 0 Å². The largest absolute Gasteiger partial charge is 0.497 e. The number of benzene rings is 2. The number of rotatable bonds is 5. The Labute approximate surface area is 153 Å². The van der Waals surface area contributed by atoms with Gasteiger partial charge in [-0.15, -0.1) is 0 Å². The third kappa shape index (κ3) is 3.02. The summed E-state index contributed by atoms with van der Waals surface area (Å²) >= 11 is 0. The molecule has 2 heterocycles. The van der Waals surface area contributed by atoms with Crippen LogP contribution in [-0.4, -0.2) is 31.9 Å². The first kappa shape index (κ1) is 16.5. The highest BCUT2D eigenvalue weighted by molar-refractivity contribution is 5.60. The second kappa shape index (κ2) is 7.14. The van der Waals surface area contributed by atoms with E-state index in [1.807, 2.05) is 42.6 Å². The molecule has 0 spiro atoms. The van der Waals surface area contributed by atoms with Gasteiger partial charge in [-0.05, 0) is 30.3 Å². The van der Waals surface area contributed by atoms with Gasteiger partial charge in [-0.2, -0.15) is 0 Å². The van der Waals surface area contributed by atoms with E-state index in [1.54, 1.807) is 14.2 Å². The van der Waals surface area contributed by atoms with Crippen LogP contribution in [0.3, 0.4) is 0 Å². The van der Waals surface area contributed by atoms with Crippen molar-refractivity contribution < 1.29 is 14.2 Å². The Morgan fingerprint density at radius 3 is 2.73 bits per heavy atom. The number of ether oxygens (including phenoxy) is 3. The third-order valence-electron chi connectivity index (χ3n) is 4.64. The normalized spacial score (nSPS) is 16.7. The van der Waals surface area contributed by atoms with Gasteiger partial charge in [0.05, 0.1) is 26.5 Å². The van der Waals surface area contributed by atoms with E-state index in [9.17, 15) is 0 Å². The average Bonchev–Trinajstić information content (AvgIpc) is 3.37. The van der Waals surface area contributed by atoms with E-state index in [1.165, 1.54) is 0 Å². The molecule has 0 saturated carbocycles. The van der Waals surface area contributed by atoms with E-state index < -0.39 is 0 Å². The Morgan fingerprint density at radius 1 is 1.00 bits per heavy atom. The summed E-state index contributed by atoms with van der Waals surface area (Å²) in [5.41, 5.74) is 3.21. The maximum absolute atomic E-state index is 6.03. The molecule has 0 radical (unpaired) electrons. The molecule has 1 aliphatic rings. The van der Waals surface area contributed by atoms with Crippen LogP contribution in [-0.2, 0) is 4.74 Å². The maximum Gasteiger partial charge on any atom is 0.158 e. The van der Waals surface area contributed by atoms with Gasteiger partial charge in [0.15, 0.2) is 6.23 Å². The van der Waals surface area contributed by atoms with E-state index in [-0.39, 0.29) is 6.23 Å². The molecular formula is C21H22N2O3. The molecule has 134 valence electrons. The van der Waals surface area contributed by atoms with Crippen LogP contribution in [0.2, 0.25) is 0 Å². The fourth-order valence-electron chi connectivity index (χ4n) is 3.35. The van der Waals surface area contributed by atoms with Crippen LogP contribution < -0.4 is 14.4 Å². The highest BCUT2D eigenvalue weighted by Crippen LogP contribution is 2.37. The first-order chi connectivity index (χ1) is 12.8. The minimum absolute atomic E-state index is 0.127. The monoisotopic (exact) mass is 350 g/mol. The van der Waals surface area contributed by atoms with Crippen LogP contribution in [0.1, 0.15) is 11.8 Å². The van der Waals surface area contributed by atoms with Gasteiger partial charge < -0.3 is 23.7 Å². The highest BCUT2D eigenvalue weighted by Gasteiger charge is 2.29. The molecule has 1 saturated heterocycles. The van der Waals surface area contributed by atoms with Crippen LogP contribution in [0.5, 0.6) is 11.5 Å². The summed E-state index contributed by atoms with van der Waals surface area (Å²) in [6, 6.07) is 18.1. The minimum atomic E-state index is -0.127. The van der Waals surface area contributed by atoms with Crippen molar-refractivity contribution in [3.63, 3.8) is 0 Å². The molecule has 4 rings (SSSR count). The summed E-state index contributed by atoms with van der Waals surface area (Å²) in [5, 5.41) is 0. The average molecular weight is 350 g/mol. The van der Waals surface area contributed by atoms with Crippen molar-refractivity contribution in [1.29, 1.82) is 0 Å². The molecule has 5 heteroatoms. The van der Waals surface area contributed by atoms with Crippen molar-refractivity contribution in [3.8, 4) is 17.2 Å². The quantitative estimate of drug-likeness (QED) is 0.696. The van der Waals surface area contributed by atoms with Crippen molar-refractivity contribution >= 4 is 5.69 Å². The lowest BCUT2D eigenvalue weighted by Crippen LogP contribution is -2.23. The zero-order valence-corrected chi connectivity index (χ0v) is 15.0. The van der Waals surface area contributed by atoms with Gasteiger partial charge in [0.1, 0.15) is 11.5 Å². The van der Waals surface area contributed by atoms with Gasteiger partial charge in [-0.1, -0.05) is 18.2 Å². The van der Waals surface area contributed by atoms with Gasteiger partial charge in [-0.3, -0.25) is 0 Å². The summed E-state index contributed by atoms with van der Waals surface area (Å²) < 4.78 is 19.0. The summed E-state index contributed by atoms with van der Waals surface area (Å²) in [4.78, 5) is 2.24. The Kier molecular flexibility index (Phi) is 4.54. The predicted molar refractivity (Wildman–Crippen MR) is 101 cm³/mol. The fraction of sp³-hybridized carbons (Fsp3) is 0.238. The van der Waals surface area contributed by atoms with E-state index in [0.717, 1.165) is 35.0 Å². The Balaban J connectivity index is 1.64. The molecule has 3 aromatic rings. The van der Waals surface area contributed by atoms with Crippen LogP contribution in [0.25, 0.3) is 5.69 Å². The second-order valence-electron chi connectivity index (χ2n) is 6.14. The Bertz CT molecular complexity index is 890. The van der Waals surface area contributed by atoms with Crippen molar-refractivity contribution in [2.75, 3.05) is 32.3 Å². The number of hydrogen-bond acceptors (Lipinski definition) is 4. The molecule has 1 unspecified atom stereocenters. The molecule has 0 aliphatic carbocycles. The summed E-state index contributed by atoms with van der Waals surface area (Å²) in [6.07, 6.45) is 4.03. The molecule has 5 nitrogen and oxygen atoms in total. The molecule has 1 fully saturated rings. The summed E-state index contributed by atoms with van der Waals surface area (Å²) in [7, 11) is 3.38. The Morgan fingerprint density at radius 2 is 1.88 bits per heavy atom. The summed E-state index contributed by atoms with van der Waals surface area (Å²) in [5.74, 6) is 1.70. The lowest BCUT2D eigenvalue weighted by molar-refractivity contribution is 0.113. The van der Waals surface area contributed by atoms with Crippen molar-refractivity contribution in [2.24, 2.45) is 0 Å². The highest BCUT2D eigenvalue weighted by atomic mass is 16.5. The van der Waals surface area contributed by atoms with Gasteiger partial charge in [0, 0.05) is 36.3 Å². The van der Waals surface area contributed by atoms with Crippen molar-refractivity contribution in [1.82, 2.24) is 4.57 Å². The molecule has 0 bridgehead atoms. The molecule has 1 aliphatic heterocycles. The van der Waals surface area contributed by atoms with Crippen molar-refractivity contribution in [2.45, 2.75) is 6.23 Å². The zero-order chi connectivity index (χ0) is 17.9. The molecule has 1 atom stereocenters. The SMILES string of the molecule is COc1cccc(-n2ccc(C3OCCN3c3ccccc3OC)c2)c1. The first-order valence-corrected chi connectivity index (χ1v) is 8.64. The molecule has 1 aromatic heterocycles. The fourth-order valence-corrected chi connectivity index (χ4v) is 3.35. The van der Waals surface area contributed by atoms with Crippen molar-refractivity contribution in [3.05, 3.63) is 72.6 Å². The molecule has 0 amide bonds. The van der Waals surface area contributed by atoms with Gasteiger partial charge in [0.25, 0.3) is 0 Å². The first-order valence-electron chi connectivity index (χ1n) is 8.64. The molecule has 26 heavy (non-hydrogen) atoms. The smallest absolute Gasteiger partial charge is 0.158 e. The minimum Gasteiger partial charge on any atom is -0.497 e.